The van der Waals surface area contributed by atoms with Crippen molar-refractivity contribution >= 4 is 11.6 Å². The molecule has 1 unspecified atom stereocenters. The van der Waals surface area contributed by atoms with E-state index in [1.165, 1.54) is 6.07 Å². The summed E-state index contributed by atoms with van der Waals surface area (Å²) in [5.41, 5.74) is 4.04. The zero-order chi connectivity index (χ0) is 20.4. The first-order chi connectivity index (χ1) is 14.0. The van der Waals surface area contributed by atoms with Gasteiger partial charge >= 0.3 is 0 Å². The molecule has 0 aliphatic heterocycles. The summed E-state index contributed by atoms with van der Waals surface area (Å²) < 4.78 is 15.9. The van der Waals surface area contributed by atoms with Gasteiger partial charge in [-0.05, 0) is 32.0 Å². The van der Waals surface area contributed by atoms with E-state index in [1.807, 2.05) is 54.9 Å². The number of amides is 1. The van der Waals surface area contributed by atoms with Gasteiger partial charge in [0.25, 0.3) is 5.91 Å². The first kappa shape index (κ1) is 19.3. The fraction of sp³-hybridized carbons (Fsp3) is 0.304. The molecular formula is C23H26FN4O+. The average molecular weight is 393 g/mol. The smallest absolute Gasteiger partial charge is 0.279 e. The Morgan fingerprint density at radius 1 is 1.14 bits per heavy atom. The summed E-state index contributed by atoms with van der Waals surface area (Å²) >= 11 is 0. The first-order valence-corrected chi connectivity index (χ1v) is 10.0. The maximum absolute atomic E-state index is 14.1. The molecule has 1 heterocycles. The van der Waals surface area contributed by atoms with Gasteiger partial charge in [0.2, 0.25) is 0 Å². The monoisotopic (exact) mass is 393 g/mol. The second-order valence-corrected chi connectivity index (χ2v) is 7.72. The summed E-state index contributed by atoms with van der Waals surface area (Å²) in [6.07, 6.45) is 2.17. The van der Waals surface area contributed by atoms with Gasteiger partial charge in [-0.3, -0.25) is 4.79 Å². The largest absolute Gasteiger partial charge is 0.321 e. The van der Waals surface area contributed by atoms with Crippen LogP contribution in [-0.4, -0.2) is 28.3 Å². The molecule has 1 aromatic heterocycles. The molecule has 1 aliphatic rings. The number of nitrogens with zero attached hydrogens (tertiary/aromatic N) is 2. The SMILES string of the molecule is Cc1nn(-c2ccccc2)c(C)c1NC(=O)C[NH+](Cc1ccccc1F)C1CC1. The van der Waals surface area contributed by atoms with Crippen molar-refractivity contribution in [2.75, 3.05) is 11.9 Å². The van der Waals surface area contributed by atoms with Crippen LogP contribution in [0.1, 0.15) is 29.8 Å². The summed E-state index contributed by atoms with van der Waals surface area (Å²) in [5.74, 6) is -0.274. The van der Waals surface area contributed by atoms with Crippen LogP contribution < -0.4 is 10.2 Å². The van der Waals surface area contributed by atoms with E-state index in [9.17, 15) is 9.18 Å². The second-order valence-electron chi connectivity index (χ2n) is 7.72. The number of aryl methyl sites for hydroxylation is 1. The number of carbonyl (C=O) groups excluding carboxylic acids is 1. The molecule has 5 nitrogen and oxygen atoms in total. The lowest BCUT2D eigenvalue weighted by molar-refractivity contribution is -0.917. The van der Waals surface area contributed by atoms with Crippen LogP contribution in [0.2, 0.25) is 0 Å². The van der Waals surface area contributed by atoms with Crippen molar-refractivity contribution in [2.24, 2.45) is 0 Å². The Labute approximate surface area is 170 Å². The summed E-state index contributed by atoms with van der Waals surface area (Å²) in [4.78, 5) is 13.9. The summed E-state index contributed by atoms with van der Waals surface area (Å²) in [6, 6.07) is 17.1. The number of hydrogen-bond donors (Lipinski definition) is 2. The van der Waals surface area contributed by atoms with Crippen LogP contribution in [0.15, 0.2) is 54.6 Å². The van der Waals surface area contributed by atoms with Gasteiger partial charge in [0.05, 0.1) is 28.8 Å². The Balaban J connectivity index is 1.48. The van der Waals surface area contributed by atoms with Gasteiger partial charge in [-0.25, -0.2) is 9.07 Å². The van der Waals surface area contributed by atoms with Crippen molar-refractivity contribution in [1.29, 1.82) is 0 Å². The molecule has 29 heavy (non-hydrogen) atoms. The van der Waals surface area contributed by atoms with E-state index in [0.29, 0.717) is 24.7 Å². The van der Waals surface area contributed by atoms with Crippen molar-refractivity contribution < 1.29 is 14.1 Å². The molecule has 0 bridgehead atoms. The molecule has 2 N–H and O–H groups in total. The van der Waals surface area contributed by atoms with E-state index in [0.717, 1.165) is 40.5 Å². The van der Waals surface area contributed by atoms with Gasteiger partial charge in [-0.2, -0.15) is 5.10 Å². The molecule has 0 radical (unpaired) electrons. The quantitative estimate of drug-likeness (QED) is 0.649. The van der Waals surface area contributed by atoms with Crippen molar-refractivity contribution in [3.63, 3.8) is 0 Å². The van der Waals surface area contributed by atoms with Gasteiger partial charge in [0.1, 0.15) is 12.4 Å². The predicted octanol–water partition coefficient (Wildman–Crippen LogP) is 2.81. The number of halogens is 1. The van der Waals surface area contributed by atoms with Gasteiger partial charge in [-0.15, -0.1) is 0 Å². The van der Waals surface area contributed by atoms with Crippen LogP contribution in [0.3, 0.4) is 0 Å². The fourth-order valence-corrected chi connectivity index (χ4v) is 3.76. The normalized spacial score (nSPS) is 14.6. The molecule has 4 rings (SSSR count). The number of hydrogen-bond acceptors (Lipinski definition) is 2. The molecule has 150 valence electrons. The van der Waals surface area contributed by atoms with Crippen LogP contribution in [0.4, 0.5) is 10.1 Å². The van der Waals surface area contributed by atoms with Gasteiger partial charge in [-0.1, -0.05) is 36.4 Å². The van der Waals surface area contributed by atoms with Crippen LogP contribution >= 0.6 is 0 Å². The predicted molar refractivity (Wildman–Crippen MR) is 111 cm³/mol. The molecule has 1 amide bonds. The Hall–Kier alpha value is -2.99. The zero-order valence-electron chi connectivity index (χ0n) is 16.8. The van der Waals surface area contributed by atoms with Crippen LogP contribution in [-0.2, 0) is 11.3 Å². The van der Waals surface area contributed by atoms with Crippen molar-refractivity contribution in [3.05, 3.63) is 77.4 Å². The molecule has 1 aliphatic carbocycles. The molecule has 2 aromatic carbocycles. The minimum Gasteiger partial charge on any atom is -0.321 e. The van der Waals surface area contributed by atoms with Crippen LogP contribution in [0.25, 0.3) is 5.69 Å². The lowest BCUT2D eigenvalue weighted by atomic mass is 10.2. The maximum atomic E-state index is 14.1. The lowest BCUT2D eigenvalue weighted by Crippen LogP contribution is -3.13. The Kier molecular flexibility index (Phi) is 5.45. The van der Waals surface area contributed by atoms with E-state index < -0.39 is 0 Å². The summed E-state index contributed by atoms with van der Waals surface area (Å²) in [6.45, 7) is 4.68. The van der Waals surface area contributed by atoms with Gasteiger partial charge in [0.15, 0.2) is 6.54 Å². The molecule has 1 atom stereocenters. The highest BCUT2D eigenvalue weighted by Gasteiger charge is 2.35. The number of para-hydroxylation sites is 1. The number of carbonyl (C=O) groups is 1. The first-order valence-electron chi connectivity index (χ1n) is 10.0. The third kappa shape index (κ3) is 4.38. The molecular weight excluding hydrogens is 367 g/mol. The Morgan fingerprint density at radius 3 is 2.52 bits per heavy atom. The molecule has 6 heteroatoms. The highest BCUT2D eigenvalue weighted by Crippen LogP contribution is 2.22. The van der Waals surface area contributed by atoms with E-state index >= 15 is 0 Å². The van der Waals surface area contributed by atoms with E-state index in [1.54, 1.807) is 12.1 Å². The molecule has 3 aromatic rings. The molecule has 0 saturated heterocycles. The van der Waals surface area contributed by atoms with Crippen molar-refractivity contribution in [3.8, 4) is 5.69 Å². The minimum atomic E-state index is -0.207. The van der Waals surface area contributed by atoms with Crippen molar-refractivity contribution in [2.45, 2.75) is 39.3 Å². The van der Waals surface area contributed by atoms with E-state index in [2.05, 4.69) is 10.4 Å². The standard InChI is InChI=1S/C23H25FN4O/c1-16-23(17(2)28(26-16)20-9-4-3-5-10-20)25-22(29)15-27(19-12-13-19)14-18-8-6-7-11-21(18)24/h3-11,19H,12-15H2,1-2H3,(H,25,29)/p+1. The number of nitrogens with one attached hydrogen (secondary N) is 2. The number of aromatic nitrogens is 2. The maximum Gasteiger partial charge on any atom is 0.279 e. The second kappa shape index (κ2) is 8.17. The number of anilines is 1. The third-order valence-corrected chi connectivity index (χ3v) is 5.47. The summed E-state index contributed by atoms with van der Waals surface area (Å²) in [7, 11) is 0. The van der Waals surface area contributed by atoms with Gasteiger partial charge < -0.3 is 10.2 Å². The molecule has 1 fully saturated rings. The topological polar surface area (TPSA) is 51.4 Å². The number of quaternary nitrogens is 1. The van der Waals surface area contributed by atoms with E-state index in [4.69, 9.17) is 0 Å². The fourth-order valence-electron chi connectivity index (χ4n) is 3.76. The lowest BCUT2D eigenvalue weighted by Gasteiger charge is -2.19. The Bertz CT molecular complexity index is 1010. The summed E-state index contributed by atoms with van der Waals surface area (Å²) in [5, 5.41) is 7.63. The van der Waals surface area contributed by atoms with Gasteiger partial charge in [0, 0.05) is 18.4 Å². The third-order valence-electron chi connectivity index (χ3n) is 5.47. The highest BCUT2D eigenvalue weighted by molar-refractivity contribution is 5.92. The van der Waals surface area contributed by atoms with Crippen LogP contribution in [0, 0.1) is 19.7 Å². The van der Waals surface area contributed by atoms with Crippen LogP contribution in [0.5, 0.6) is 0 Å². The molecule has 0 spiro atoms. The minimum absolute atomic E-state index is 0.0675. The van der Waals surface area contributed by atoms with Crippen molar-refractivity contribution in [1.82, 2.24) is 9.78 Å². The number of rotatable bonds is 7. The zero-order valence-corrected chi connectivity index (χ0v) is 16.8. The Morgan fingerprint density at radius 2 is 1.83 bits per heavy atom. The highest BCUT2D eigenvalue weighted by atomic mass is 19.1. The average Bonchev–Trinajstić information content (AvgIpc) is 3.53. The molecule has 1 saturated carbocycles. The van der Waals surface area contributed by atoms with E-state index in [-0.39, 0.29) is 11.7 Å². The number of benzene rings is 2.